The smallest absolute Gasteiger partial charge is 0.0787 e. The van der Waals surface area contributed by atoms with Crippen molar-refractivity contribution < 1.29 is 9.84 Å². The van der Waals surface area contributed by atoms with Crippen LogP contribution in [0.1, 0.15) is 38.9 Å². The summed E-state index contributed by atoms with van der Waals surface area (Å²) in [6, 6.07) is 8.07. The maximum atomic E-state index is 9.73. The number of benzene rings is 1. The number of hydrogen-bond acceptors (Lipinski definition) is 3. The molecular weight excluding hydrogens is 226 g/mol. The zero-order valence-corrected chi connectivity index (χ0v) is 11.9. The minimum Gasteiger partial charge on any atom is -0.388 e. The molecule has 0 saturated carbocycles. The van der Waals surface area contributed by atoms with Gasteiger partial charge < -0.3 is 14.7 Å². The van der Waals surface area contributed by atoms with Crippen molar-refractivity contribution in [2.75, 3.05) is 25.1 Å². The van der Waals surface area contributed by atoms with E-state index in [4.69, 9.17) is 4.74 Å². The fourth-order valence-electron chi connectivity index (χ4n) is 1.74. The lowest BCUT2D eigenvalue weighted by molar-refractivity contribution is 0.0846. The van der Waals surface area contributed by atoms with Gasteiger partial charge in [0.25, 0.3) is 0 Å². The van der Waals surface area contributed by atoms with E-state index in [1.807, 2.05) is 45.0 Å². The molecule has 0 spiro atoms. The molecule has 0 amide bonds. The summed E-state index contributed by atoms with van der Waals surface area (Å²) in [6.45, 7) is 7.66. The van der Waals surface area contributed by atoms with E-state index in [0.29, 0.717) is 0 Å². The second-order valence-electron chi connectivity index (χ2n) is 4.86. The summed E-state index contributed by atoms with van der Waals surface area (Å²) in [4.78, 5) is 2.16. The highest BCUT2D eigenvalue weighted by atomic mass is 16.5. The van der Waals surface area contributed by atoms with Crippen LogP contribution in [-0.2, 0) is 4.74 Å². The molecule has 0 fully saturated rings. The van der Waals surface area contributed by atoms with E-state index in [9.17, 15) is 5.11 Å². The average Bonchev–Trinajstić information content (AvgIpc) is 2.37. The standard InChI is InChI=1S/C15H25NO2/c1-5-15(17)13-6-8-14(9-7-13)16(4)10-11-18-12(2)3/h6-9,12,15,17H,5,10-11H2,1-4H3/t15-/m0/s1. The second kappa shape index (κ2) is 7.39. The molecule has 0 radical (unpaired) electrons. The Morgan fingerprint density at radius 1 is 1.22 bits per heavy atom. The van der Waals surface area contributed by atoms with Crippen molar-refractivity contribution in [1.82, 2.24) is 0 Å². The highest BCUT2D eigenvalue weighted by Gasteiger charge is 2.06. The van der Waals surface area contributed by atoms with Crippen LogP contribution >= 0.6 is 0 Å². The van der Waals surface area contributed by atoms with Gasteiger partial charge >= 0.3 is 0 Å². The zero-order valence-electron chi connectivity index (χ0n) is 11.9. The Morgan fingerprint density at radius 2 is 1.83 bits per heavy atom. The molecule has 1 rings (SSSR count). The van der Waals surface area contributed by atoms with Gasteiger partial charge in [0.2, 0.25) is 0 Å². The van der Waals surface area contributed by atoms with Crippen molar-refractivity contribution in [3.63, 3.8) is 0 Å². The SMILES string of the molecule is CC[C@H](O)c1ccc(N(C)CCOC(C)C)cc1. The van der Waals surface area contributed by atoms with Crippen molar-refractivity contribution in [3.8, 4) is 0 Å². The molecule has 1 atom stereocenters. The van der Waals surface area contributed by atoms with Gasteiger partial charge in [-0.1, -0.05) is 19.1 Å². The molecule has 0 aromatic heterocycles. The van der Waals surface area contributed by atoms with Gasteiger partial charge in [0.1, 0.15) is 0 Å². The Balaban J connectivity index is 2.51. The molecule has 18 heavy (non-hydrogen) atoms. The minimum absolute atomic E-state index is 0.278. The summed E-state index contributed by atoms with van der Waals surface area (Å²) in [6.07, 6.45) is 0.673. The fraction of sp³-hybridized carbons (Fsp3) is 0.600. The summed E-state index contributed by atoms with van der Waals surface area (Å²) >= 11 is 0. The normalized spacial score (nSPS) is 12.8. The van der Waals surface area contributed by atoms with E-state index in [1.54, 1.807) is 0 Å². The first-order valence-electron chi connectivity index (χ1n) is 6.65. The van der Waals surface area contributed by atoms with E-state index in [1.165, 1.54) is 0 Å². The van der Waals surface area contributed by atoms with Gasteiger partial charge in [0.05, 0.1) is 18.8 Å². The van der Waals surface area contributed by atoms with Crippen LogP contribution in [0.15, 0.2) is 24.3 Å². The Bertz CT molecular complexity index is 335. The molecule has 1 N–H and O–H groups in total. The molecule has 0 aliphatic rings. The molecule has 0 aliphatic carbocycles. The first kappa shape index (κ1) is 15.0. The summed E-state index contributed by atoms with van der Waals surface area (Å²) in [5.41, 5.74) is 2.13. The quantitative estimate of drug-likeness (QED) is 0.808. The van der Waals surface area contributed by atoms with E-state index < -0.39 is 0 Å². The molecule has 0 aliphatic heterocycles. The highest BCUT2D eigenvalue weighted by Crippen LogP contribution is 2.20. The van der Waals surface area contributed by atoms with Crippen LogP contribution in [0.5, 0.6) is 0 Å². The first-order valence-corrected chi connectivity index (χ1v) is 6.65. The topological polar surface area (TPSA) is 32.7 Å². The predicted molar refractivity (Wildman–Crippen MR) is 76.1 cm³/mol. The second-order valence-corrected chi connectivity index (χ2v) is 4.86. The third kappa shape index (κ3) is 4.67. The van der Waals surface area contributed by atoms with Crippen molar-refractivity contribution in [1.29, 1.82) is 0 Å². The lowest BCUT2D eigenvalue weighted by atomic mass is 10.1. The van der Waals surface area contributed by atoms with Gasteiger partial charge in [-0.25, -0.2) is 0 Å². The number of nitrogens with zero attached hydrogens (tertiary/aromatic N) is 1. The maximum Gasteiger partial charge on any atom is 0.0787 e. The minimum atomic E-state index is -0.353. The molecule has 0 heterocycles. The fourth-order valence-corrected chi connectivity index (χ4v) is 1.74. The van der Waals surface area contributed by atoms with Gasteiger partial charge in [-0.15, -0.1) is 0 Å². The number of ether oxygens (including phenoxy) is 1. The van der Waals surface area contributed by atoms with Crippen molar-refractivity contribution in [3.05, 3.63) is 29.8 Å². The third-order valence-corrected chi connectivity index (χ3v) is 2.98. The van der Waals surface area contributed by atoms with Crippen LogP contribution in [0.25, 0.3) is 0 Å². The van der Waals surface area contributed by atoms with Crippen molar-refractivity contribution in [2.45, 2.75) is 39.4 Å². The summed E-state index contributed by atoms with van der Waals surface area (Å²) < 4.78 is 5.53. The van der Waals surface area contributed by atoms with Crippen LogP contribution in [0, 0.1) is 0 Å². The predicted octanol–water partition coefficient (Wildman–Crippen LogP) is 2.99. The van der Waals surface area contributed by atoms with Crippen LogP contribution < -0.4 is 4.90 Å². The van der Waals surface area contributed by atoms with E-state index in [2.05, 4.69) is 11.9 Å². The molecule has 1 aromatic rings. The number of anilines is 1. The van der Waals surface area contributed by atoms with Crippen LogP contribution in [0.4, 0.5) is 5.69 Å². The van der Waals surface area contributed by atoms with E-state index in [-0.39, 0.29) is 12.2 Å². The van der Waals surface area contributed by atoms with Crippen LogP contribution in [0.2, 0.25) is 0 Å². The average molecular weight is 251 g/mol. The monoisotopic (exact) mass is 251 g/mol. The number of rotatable bonds is 7. The Kier molecular flexibility index (Phi) is 6.16. The number of aliphatic hydroxyl groups excluding tert-OH is 1. The molecule has 3 heteroatoms. The number of likely N-dealkylation sites (N-methyl/N-ethyl adjacent to an activating group) is 1. The van der Waals surface area contributed by atoms with Gasteiger partial charge in [-0.05, 0) is 38.0 Å². The maximum absolute atomic E-state index is 9.73. The van der Waals surface area contributed by atoms with E-state index >= 15 is 0 Å². The summed E-state index contributed by atoms with van der Waals surface area (Å²) in [5, 5.41) is 9.73. The molecule has 0 bridgehead atoms. The Morgan fingerprint density at radius 3 is 2.33 bits per heavy atom. The van der Waals surface area contributed by atoms with Crippen LogP contribution in [0.3, 0.4) is 0 Å². The van der Waals surface area contributed by atoms with Crippen molar-refractivity contribution in [2.24, 2.45) is 0 Å². The molecule has 1 aromatic carbocycles. The van der Waals surface area contributed by atoms with Gasteiger partial charge in [-0.3, -0.25) is 0 Å². The first-order chi connectivity index (χ1) is 8.54. The summed E-state index contributed by atoms with van der Waals surface area (Å²) in [7, 11) is 2.05. The molecule has 3 nitrogen and oxygen atoms in total. The van der Waals surface area contributed by atoms with Crippen molar-refractivity contribution >= 4 is 5.69 Å². The molecule has 102 valence electrons. The number of aliphatic hydroxyl groups is 1. The number of hydrogen-bond donors (Lipinski definition) is 1. The summed E-state index contributed by atoms with van der Waals surface area (Å²) in [5.74, 6) is 0. The largest absolute Gasteiger partial charge is 0.388 e. The Hall–Kier alpha value is -1.06. The molecular formula is C15H25NO2. The molecule has 0 saturated heterocycles. The van der Waals surface area contributed by atoms with Gasteiger partial charge in [0, 0.05) is 19.3 Å². The lowest BCUT2D eigenvalue weighted by Gasteiger charge is -2.20. The Labute approximate surface area is 110 Å². The molecule has 0 unspecified atom stereocenters. The van der Waals surface area contributed by atoms with Gasteiger partial charge in [-0.2, -0.15) is 0 Å². The third-order valence-electron chi connectivity index (χ3n) is 2.98. The van der Waals surface area contributed by atoms with E-state index in [0.717, 1.165) is 30.8 Å². The van der Waals surface area contributed by atoms with Gasteiger partial charge in [0.15, 0.2) is 0 Å². The highest BCUT2D eigenvalue weighted by molar-refractivity contribution is 5.47. The zero-order chi connectivity index (χ0) is 13.5. The van der Waals surface area contributed by atoms with Crippen LogP contribution in [-0.4, -0.2) is 31.4 Å². The lowest BCUT2D eigenvalue weighted by Crippen LogP contribution is -2.23.